The predicted octanol–water partition coefficient (Wildman–Crippen LogP) is 1.99. The topological polar surface area (TPSA) is 52.6 Å². The minimum absolute atomic E-state index is 0.0283. The average Bonchev–Trinajstić information content (AvgIpc) is 2.45. The molecule has 0 spiro atoms. The minimum atomic E-state index is -0.668. The van der Waals surface area contributed by atoms with Gasteiger partial charge in [0.2, 0.25) is 0 Å². The Morgan fingerprint density at radius 1 is 1.55 bits per heavy atom. The van der Waals surface area contributed by atoms with Crippen LogP contribution in [0.2, 0.25) is 0 Å². The van der Waals surface area contributed by atoms with Gasteiger partial charge in [-0.3, -0.25) is 4.79 Å². The van der Waals surface area contributed by atoms with E-state index in [1.54, 1.807) is 4.90 Å². The largest absolute Gasteiger partial charge is 0.508 e. The summed E-state index contributed by atoms with van der Waals surface area (Å²) < 4.78 is 13.8. The maximum Gasteiger partial charge on any atom is 0.256 e. The van der Waals surface area contributed by atoms with E-state index in [-0.39, 0.29) is 17.2 Å². The highest BCUT2D eigenvalue weighted by Gasteiger charge is 2.30. The Hall–Kier alpha value is -1.62. The maximum absolute atomic E-state index is 13.8. The Balaban J connectivity index is 2.13. The molecule has 2 atom stereocenters. The second-order valence-electron chi connectivity index (χ2n) is 5.27. The molecule has 1 fully saturated rings. The van der Waals surface area contributed by atoms with Gasteiger partial charge >= 0.3 is 0 Å². The van der Waals surface area contributed by atoms with Gasteiger partial charge in [-0.25, -0.2) is 4.39 Å². The fraction of sp³-hybridized carbons (Fsp3) is 0.533. The fourth-order valence-electron chi connectivity index (χ4n) is 2.86. The Morgan fingerprint density at radius 3 is 2.90 bits per heavy atom. The van der Waals surface area contributed by atoms with Crippen LogP contribution in [0.3, 0.4) is 0 Å². The normalized spacial score (nSPS) is 22.9. The van der Waals surface area contributed by atoms with E-state index in [1.807, 2.05) is 7.05 Å². The summed E-state index contributed by atoms with van der Waals surface area (Å²) in [6.07, 6.45) is 1.85. The van der Waals surface area contributed by atoms with E-state index in [0.29, 0.717) is 25.0 Å². The molecule has 1 amide bonds. The van der Waals surface area contributed by atoms with Gasteiger partial charge in [-0.1, -0.05) is 13.3 Å². The first-order valence-corrected chi connectivity index (χ1v) is 7.01. The molecule has 0 aliphatic carbocycles. The first kappa shape index (κ1) is 14.8. The Labute approximate surface area is 118 Å². The van der Waals surface area contributed by atoms with Crippen molar-refractivity contribution in [1.29, 1.82) is 0 Å². The number of nitrogens with zero attached hydrogens (tertiary/aromatic N) is 1. The van der Waals surface area contributed by atoms with Crippen LogP contribution in [0.4, 0.5) is 4.39 Å². The van der Waals surface area contributed by atoms with E-state index in [4.69, 9.17) is 0 Å². The zero-order chi connectivity index (χ0) is 14.7. The number of likely N-dealkylation sites (tertiary alicyclic amines) is 1. The van der Waals surface area contributed by atoms with Gasteiger partial charge < -0.3 is 15.3 Å². The monoisotopic (exact) mass is 280 g/mol. The highest BCUT2D eigenvalue weighted by Crippen LogP contribution is 2.23. The van der Waals surface area contributed by atoms with Crippen LogP contribution in [0.1, 0.15) is 30.1 Å². The summed E-state index contributed by atoms with van der Waals surface area (Å²) in [5.74, 6) is -0.744. The zero-order valence-corrected chi connectivity index (χ0v) is 11.9. The second kappa shape index (κ2) is 6.22. The summed E-state index contributed by atoms with van der Waals surface area (Å²) in [5, 5.41) is 12.5. The first-order valence-electron chi connectivity index (χ1n) is 7.01. The number of hydrogen-bond acceptors (Lipinski definition) is 3. The predicted molar refractivity (Wildman–Crippen MR) is 75.2 cm³/mol. The van der Waals surface area contributed by atoms with E-state index in [0.717, 1.165) is 18.9 Å². The van der Waals surface area contributed by atoms with Crippen LogP contribution in [0.5, 0.6) is 5.75 Å². The standard InChI is InChI=1S/C15H21FN2O2/c1-3-10-9-18(7-6-14(10)17-2)15(20)12-5-4-11(19)8-13(12)16/h4-5,8,10,14,17,19H,3,6-7,9H2,1-2H3. The first-order chi connectivity index (χ1) is 9.56. The van der Waals surface area contributed by atoms with E-state index >= 15 is 0 Å². The number of phenolic OH excluding ortho intramolecular Hbond substituents is 1. The molecule has 2 rings (SSSR count). The van der Waals surface area contributed by atoms with Gasteiger partial charge in [0.05, 0.1) is 5.56 Å². The van der Waals surface area contributed by atoms with Crippen molar-refractivity contribution in [3.05, 3.63) is 29.6 Å². The molecule has 1 heterocycles. The van der Waals surface area contributed by atoms with E-state index in [9.17, 15) is 14.3 Å². The third kappa shape index (κ3) is 2.93. The smallest absolute Gasteiger partial charge is 0.256 e. The van der Waals surface area contributed by atoms with E-state index in [2.05, 4.69) is 12.2 Å². The minimum Gasteiger partial charge on any atom is -0.508 e. The summed E-state index contributed by atoms with van der Waals surface area (Å²) >= 11 is 0. The molecular weight excluding hydrogens is 259 g/mol. The SMILES string of the molecule is CCC1CN(C(=O)c2ccc(O)cc2F)CCC1NC. The molecule has 0 saturated carbocycles. The number of nitrogens with one attached hydrogen (secondary N) is 1. The van der Waals surface area contributed by atoms with Crippen LogP contribution >= 0.6 is 0 Å². The molecule has 1 aromatic carbocycles. The number of amides is 1. The number of piperidine rings is 1. The van der Waals surface area contributed by atoms with Crippen LogP contribution in [0, 0.1) is 11.7 Å². The van der Waals surface area contributed by atoms with Crippen molar-refractivity contribution >= 4 is 5.91 Å². The third-order valence-electron chi connectivity index (χ3n) is 4.10. The molecule has 1 aliphatic heterocycles. The summed E-state index contributed by atoms with van der Waals surface area (Å²) in [6.45, 7) is 3.37. The lowest BCUT2D eigenvalue weighted by Gasteiger charge is -2.38. The molecule has 1 aromatic rings. The number of rotatable bonds is 3. The van der Waals surface area contributed by atoms with E-state index < -0.39 is 5.82 Å². The number of halogens is 1. The summed E-state index contributed by atoms with van der Waals surface area (Å²) in [5.41, 5.74) is 0.0283. The highest BCUT2D eigenvalue weighted by molar-refractivity contribution is 5.94. The van der Waals surface area contributed by atoms with Crippen LogP contribution in [-0.2, 0) is 0 Å². The number of aromatic hydroxyl groups is 1. The van der Waals surface area contributed by atoms with Crippen molar-refractivity contribution in [3.63, 3.8) is 0 Å². The van der Waals surface area contributed by atoms with Crippen LogP contribution in [0.25, 0.3) is 0 Å². The Bertz CT molecular complexity index is 493. The molecule has 0 aromatic heterocycles. The van der Waals surface area contributed by atoms with Gasteiger partial charge in [-0.05, 0) is 31.5 Å². The van der Waals surface area contributed by atoms with Gasteiger partial charge in [0.25, 0.3) is 5.91 Å². The van der Waals surface area contributed by atoms with Gasteiger partial charge in [0, 0.05) is 25.2 Å². The number of hydrogen-bond donors (Lipinski definition) is 2. The lowest BCUT2D eigenvalue weighted by Crippen LogP contribution is -2.50. The Morgan fingerprint density at radius 2 is 2.30 bits per heavy atom. The van der Waals surface area contributed by atoms with Crippen molar-refractivity contribution in [2.24, 2.45) is 5.92 Å². The van der Waals surface area contributed by atoms with Gasteiger partial charge in [-0.15, -0.1) is 0 Å². The van der Waals surface area contributed by atoms with Gasteiger partial charge in [0.1, 0.15) is 11.6 Å². The van der Waals surface area contributed by atoms with Crippen LogP contribution < -0.4 is 5.32 Å². The molecular formula is C15H21FN2O2. The molecule has 20 heavy (non-hydrogen) atoms. The van der Waals surface area contributed by atoms with Crippen LogP contribution in [-0.4, -0.2) is 42.1 Å². The second-order valence-corrected chi connectivity index (χ2v) is 5.27. The van der Waals surface area contributed by atoms with Crippen molar-refractivity contribution < 1.29 is 14.3 Å². The lowest BCUT2D eigenvalue weighted by atomic mass is 9.89. The summed E-state index contributed by atoms with van der Waals surface area (Å²) in [4.78, 5) is 14.1. The maximum atomic E-state index is 13.8. The summed E-state index contributed by atoms with van der Waals surface area (Å²) in [6, 6.07) is 4.07. The van der Waals surface area contributed by atoms with Crippen molar-refractivity contribution in [2.45, 2.75) is 25.8 Å². The van der Waals surface area contributed by atoms with E-state index in [1.165, 1.54) is 12.1 Å². The fourth-order valence-corrected chi connectivity index (χ4v) is 2.86. The molecule has 2 unspecified atom stereocenters. The lowest BCUT2D eigenvalue weighted by molar-refractivity contribution is 0.0627. The van der Waals surface area contributed by atoms with Crippen molar-refractivity contribution in [3.8, 4) is 5.75 Å². The van der Waals surface area contributed by atoms with Crippen LogP contribution in [0.15, 0.2) is 18.2 Å². The van der Waals surface area contributed by atoms with Gasteiger partial charge in [0.15, 0.2) is 0 Å². The highest BCUT2D eigenvalue weighted by atomic mass is 19.1. The molecule has 0 radical (unpaired) electrons. The number of phenols is 1. The number of benzene rings is 1. The quantitative estimate of drug-likeness (QED) is 0.890. The molecule has 1 saturated heterocycles. The van der Waals surface area contributed by atoms with Gasteiger partial charge in [-0.2, -0.15) is 0 Å². The Kier molecular flexibility index (Phi) is 4.60. The molecule has 2 N–H and O–H groups in total. The number of carbonyl (C=O) groups is 1. The molecule has 1 aliphatic rings. The van der Waals surface area contributed by atoms with Crippen molar-refractivity contribution in [2.75, 3.05) is 20.1 Å². The molecule has 110 valence electrons. The zero-order valence-electron chi connectivity index (χ0n) is 11.9. The average molecular weight is 280 g/mol. The molecule has 0 bridgehead atoms. The molecule has 5 heteroatoms. The molecule has 4 nitrogen and oxygen atoms in total. The number of carbonyl (C=O) groups excluding carboxylic acids is 1. The van der Waals surface area contributed by atoms with Crippen molar-refractivity contribution in [1.82, 2.24) is 10.2 Å². The third-order valence-corrected chi connectivity index (χ3v) is 4.10. The summed E-state index contributed by atoms with van der Waals surface area (Å²) in [7, 11) is 1.93.